The molecule has 0 aliphatic heterocycles. The third-order valence-corrected chi connectivity index (χ3v) is 0. The Bertz CT molecular complexity index is 32.7. The van der Waals surface area contributed by atoms with Crippen LogP contribution >= 0.6 is 8.25 Å². The van der Waals surface area contributed by atoms with Crippen molar-refractivity contribution < 1.29 is 78.9 Å². The van der Waals surface area contributed by atoms with Crippen LogP contribution in [0.2, 0.25) is 0 Å². The summed E-state index contributed by atoms with van der Waals surface area (Å²) in [6.45, 7) is 0. The first kappa shape index (κ1) is 22.9. The fourth-order valence-electron chi connectivity index (χ4n) is 0. The molecule has 0 unspecified atom stereocenters. The maximum absolute atomic E-state index is 8.52. The van der Waals surface area contributed by atoms with Crippen LogP contribution in [-0.4, -0.2) is 5.48 Å². The Hall–Kier alpha value is 2.11. The van der Waals surface area contributed by atoms with Crippen LogP contribution in [0.5, 0.6) is 0 Å². The van der Waals surface area contributed by atoms with Gasteiger partial charge in [-0.2, -0.15) is 0 Å². The SMILES string of the molecule is O.O=[PH]([O-])[O-].[Na+].[Na+]. The fourth-order valence-corrected chi connectivity index (χ4v) is 0. The molecule has 0 aromatic rings. The maximum atomic E-state index is 8.52. The Labute approximate surface area is 86.1 Å². The van der Waals surface area contributed by atoms with Crippen molar-refractivity contribution in [1.82, 2.24) is 0 Å². The summed E-state index contributed by atoms with van der Waals surface area (Å²) in [6.07, 6.45) is 0. The molecule has 0 rings (SSSR count). The van der Waals surface area contributed by atoms with Crippen molar-refractivity contribution in [3.63, 3.8) is 0 Å². The Kier molecular flexibility index (Phi) is 51.5. The Morgan fingerprint density at radius 1 is 1.14 bits per heavy atom. The molecule has 7 heteroatoms. The Morgan fingerprint density at radius 2 is 1.14 bits per heavy atom. The van der Waals surface area contributed by atoms with E-state index in [4.69, 9.17) is 14.4 Å². The molecule has 0 aromatic heterocycles. The second-order valence-electron chi connectivity index (χ2n) is 0.250. The van der Waals surface area contributed by atoms with Crippen molar-refractivity contribution in [1.29, 1.82) is 0 Å². The van der Waals surface area contributed by atoms with Crippen LogP contribution in [0, 0.1) is 0 Å². The van der Waals surface area contributed by atoms with Crippen molar-refractivity contribution in [3.8, 4) is 0 Å². The van der Waals surface area contributed by atoms with Gasteiger partial charge in [-0.3, -0.25) is 0 Å². The molecule has 4 nitrogen and oxygen atoms in total. The van der Waals surface area contributed by atoms with Crippen LogP contribution in [0.4, 0.5) is 0 Å². The van der Waals surface area contributed by atoms with Gasteiger partial charge in [0.25, 0.3) is 0 Å². The molecule has 0 atom stereocenters. The van der Waals surface area contributed by atoms with E-state index in [1.54, 1.807) is 0 Å². The first-order chi connectivity index (χ1) is 1.73. The van der Waals surface area contributed by atoms with Crippen LogP contribution in [0.1, 0.15) is 0 Å². The number of hydrogen-bond acceptors (Lipinski definition) is 3. The van der Waals surface area contributed by atoms with Crippen LogP contribution < -0.4 is 68.9 Å². The van der Waals surface area contributed by atoms with Crippen molar-refractivity contribution in [2.24, 2.45) is 0 Å². The summed E-state index contributed by atoms with van der Waals surface area (Å²) in [5.74, 6) is 0. The van der Waals surface area contributed by atoms with Gasteiger partial charge in [0.05, 0.1) is 0 Å². The zero-order valence-corrected chi connectivity index (χ0v) is 9.22. The minimum absolute atomic E-state index is 0. The molecule has 0 saturated heterocycles. The van der Waals surface area contributed by atoms with Crippen molar-refractivity contribution in [2.45, 2.75) is 0 Å². The van der Waals surface area contributed by atoms with Gasteiger partial charge in [0.2, 0.25) is 0 Å². The normalized spacial score (nSPS) is 5.00. The molecule has 2 N–H and O–H groups in total. The summed E-state index contributed by atoms with van der Waals surface area (Å²) in [5.41, 5.74) is 0. The molecule has 0 aliphatic rings. The first-order valence-corrected chi connectivity index (χ1v) is 1.84. The third kappa shape index (κ3) is 68.0. The van der Waals surface area contributed by atoms with Gasteiger partial charge in [-0.25, -0.2) is 0 Å². The zero-order chi connectivity index (χ0) is 3.58. The van der Waals surface area contributed by atoms with Crippen LogP contribution in [0.15, 0.2) is 0 Å². The summed E-state index contributed by atoms with van der Waals surface area (Å²) < 4.78 is 8.52. The third-order valence-electron chi connectivity index (χ3n) is 0. The van der Waals surface area contributed by atoms with Gasteiger partial charge in [-0.15, -0.1) is 0 Å². The fraction of sp³-hybridized carbons (Fsp3) is 0. The molecule has 0 fully saturated rings. The van der Waals surface area contributed by atoms with Crippen molar-refractivity contribution in [2.75, 3.05) is 0 Å². The minimum atomic E-state index is -3.63. The van der Waals surface area contributed by atoms with Crippen LogP contribution in [0.3, 0.4) is 0 Å². The second kappa shape index (κ2) is 15.7. The Balaban J connectivity index is -0.0000000150. The Morgan fingerprint density at radius 3 is 1.14 bits per heavy atom. The topological polar surface area (TPSA) is 94.7 Å². The van der Waals surface area contributed by atoms with Gasteiger partial charge in [0.1, 0.15) is 0 Å². The molecule has 0 amide bonds. The molecule has 0 aromatic carbocycles. The van der Waals surface area contributed by atoms with E-state index in [1.165, 1.54) is 0 Å². The predicted molar refractivity (Wildman–Crippen MR) is 12.6 cm³/mol. The summed E-state index contributed by atoms with van der Waals surface area (Å²) >= 11 is 0. The average Bonchev–Trinajstić information content (AvgIpc) is 0.811. The van der Waals surface area contributed by atoms with E-state index < -0.39 is 8.25 Å². The summed E-state index contributed by atoms with van der Waals surface area (Å²) in [7, 11) is -3.63. The summed E-state index contributed by atoms with van der Waals surface area (Å²) in [6, 6.07) is 0. The van der Waals surface area contributed by atoms with E-state index in [9.17, 15) is 0 Å². The molecule has 0 saturated carbocycles. The quantitative estimate of drug-likeness (QED) is 0.249. The van der Waals surface area contributed by atoms with Crippen LogP contribution in [-0.2, 0) is 4.57 Å². The standard InChI is InChI=1S/2Na.H3O3P.H2O/c;;1-4(2)3;/h;;4H,(H2,1,2,3);1H2/q2*+1;;/p-2. The van der Waals surface area contributed by atoms with Crippen LogP contribution in [0.25, 0.3) is 0 Å². The van der Waals surface area contributed by atoms with E-state index in [0.29, 0.717) is 0 Å². The maximum Gasteiger partial charge on any atom is 1.00 e. The molecule has 0 radical (unpaired) electrons. The summed E-state index contributed by atoms with van der Waals surface area (Å²) in [5, 5.41) is 0. The molecule has 0 bridgehead atoms. The first-order valence-electron chi connectivity index (χ1n) is 0.612. The van der Waals surface area contributed by atoms with E-state index in [1.807, 2.05) is 0 Å². The van der Waals surface area contributed by atoms with Crippen molar-refractivity contribution in [3.05, 3.63) is 0 Å². The minimum Gasteiger partial charge on any atom is -0.813 e. The smallest absolute Gasteiger partial charge is 0.813 e. The van der Waals surface area contributed by atoms with Gasteiger partial charge in [0, 0.05) is 0 Å². The second-order valence-corrected chi connectivity index (χ2v) is 0.750. The number of hydrogen-bond donors (Lipinski definition) is 0. The molecular formula is H3Na2O4P. The van der Waals surface area contributed by atoms with E-state index in [0.717, 1.165) is 0 Å². The average molecular weight is 144 g/mol. The molecule has 0 heterocycles. The molecule has 7 heavy (non-hydrogen) atoms. The monoisotopic (exact) mass is 144 g/mol. The molecule has 0 spiro atoms. The van der Waals surface area contributed by atoms with Gasteiger partial charge in [-0.05, 0) is 0 Å². The predicted octanol–water partition coefficient (Wildman–Crippen LogP) is -8.72. The summed E-state index contributed by atoms with van der Waals surface area (Å²) in [4.78, 5) is 17.0. The number of rotatable bonds is 0. The molecule has 34 valence electrons. The molecule has 0 aliphatic carbocycles. The van der Waals surface area contributed by atoms with Gasteiger partial charge < -0.3 is 19.8 Å². The van der Waals surface area contributed by atoms with Gasteiger partial charge in [0.15, 0.2) is 0 Å². The molecular weight excluding hydrogens is 141 g/mol. The van der Waals surface area contributed by atoms with E-state index >= 15 is 0 Å². The van der Waals surface area contributed by atoms with E-state index in [2.05, 4.69) is 0 Å². The largest absolute Gasteiger partial charge is 1.00 e. The zero-order valence-electron chi connectivity index (χ0n) is 4.22. The van der Waals surface area contributed by atoms with Gasteiger partial charge >= 0.3 is 59.1 Å². The van der Waals surface area contributed by atoms with E-state index in [-0.39, 0.29) is 64.6 Å². The van der Waals surface area contributed by atoms with Gasteiger partial charge in [-0.1, -0.05) is 8.25 Å². The van der Waals surface area contributed by atoms with Crippen molar-refractivity contribution >= 4 is 8.25 Å².